The SMILES string of the molecule is NC[C@@H]1C[C@@H](O)[C@@H](O)C[C@@H]1C(=O)N1CCNC(=O)CC1c1ccccc1. The molecule has 7 heteroatoms. The summed E-state index contributed by atoms with van der Waals surface area (Å²) in [6.45, 7) is 1.09. The number of nitrogens with two attached hydrogens (primary N) is 1. The van der Waals surface area contributed by atoms with Gasteiger partial charge in [-0.25, -0.2) is 0 Å². The Balaban J connectivity index is 1.87. The number of benzene rings is 1. The Hall–Kier alpha value is -1.96. The lowest BCUT2D eigenvalue weighted by Crippen LogP contribution is -2.50. The van der Waals surface area contributed by atoms with Gasteiger partial charge in [-0.2, -0.15) is 0 Å². The minimum absolute atomic E-state index is 0.0800. The predicted molar refractivity (Wildman–Crippen MR) is 95.8 cm³/mol. The number of aliphatic hydroxyl groups excluding tert-OH is 2. The number of hydrogen-bond donors (Lipinski definition) is 4. The third kappa shape index (κ3) is 3.90. The summed E-state index contributed by atoms with van der Waals surface area (Å²) in [6.07, 6.45) is -1.05. The smallest absolute Gasteiger partial charge is 0.226 e. The van der Waals surface area contributed by atoms with Gasteiger partial charge in [-0.1, -0.05) is 30.3 Å². The van der Waals surface area contributed by atoms with E-state index in [1.54, 1.807) is 4.90 Å². The number of aliphatic hydroxyl groups is 2. The van der Waals surface area contributed by atoms with E-state index < -0.39 is 18.1 Å². The van der Waals surface area contributed by atoms with Crippen molar-refractivity contribution in [3.63, 3.8) is 0 Å². The van der Waals surface area contributed by atoms with Gasteiger partial charge in [-0.3, -0.25) is 9.59 Å². The van der Waals surface area contributed by atoms with Crippen LogP contribution in [0.1, 0.15) is 30.9 Å². The van der Waals surface area contributed by atoms with E-state index >= 15 is 0 Å². The molecule has 0 spiro atoms. The van der Waals surface area contributed by atoms with E-state index in [1.807, 2.05) is 30.3 Å². The molecule has 1 unspecified atom stereocenters. The van der Waals surface area contributed by atoms with Crippen LogP contribution < -0.4 is 11.1 Å². The van der Waals surface area contributed by atoms with Gasteiger partial charge in [0.2, 0.25) is 11.8 Å². The Kier molecular flexibility index (Phi) is 5.90. The normalized spacial score (nSPS) is 32.7. The van der Waals surface area contributed by atoms with Crippen molar-refractivity contribution in [2.45, 2.75) is 37.5 Å². The van der Waals surface area contributed by atoms with Crippen LogP contribution >= 0.6 is 0 Å². The number of rotatable bonds is 3. The maximum atomic E-state index is 13.4. The molecule has 0 aromatic heterocycles. The van der Waals surface area contributed by atoms with E-state index in [1.165, 1.54) is 0 Å². The lowest BCUT2D eigenvalue weighted by molar-refractivity contribution is -0.146. The van der Waals surface area contributed by atoms with Gasteiger partial charge in [0, 0.05) is 19.0 Å². The molecule has 5 N–H and O–H groups in total. The summed E-state index contributed by atoms with van der Waals surface area (Å²) < 4.78 is 0. The molecule has 26 heavy (non-hydrogen) atoms. The lowest BCUT2D eigenvalue weighted by atomic mass is 9.75. The summed E-state index contributed by atoms with van der Waals surface area (Å²) in [5.74, 6) is -0.803. The molecule has 1 aromatic carbocycles. The van der Waals surface area contributed by atoms with Gasteiger partial charge < -0.3 is 26.2 Å². The molecule has 142 valence electrons. The van der Waals surface area contributed by atoms with Crippen molar-refractivity contribution < 1.29 is 19.8 Å². The van der Waals surface area contributed by atoms with Crippen LogP contribution in [0.25, 0.3) is 0 Å². The molecule has 7 nitrogen and oxygen atoms in total. The Bertz CT molecular complexity index is 639. The maximum Gasteiger partial charge on any atom is 0.226 e. The Morgan fingerprint density at radius 3 is 2.58 bits per heavy atom. The fourth-order valence-electron chi connectivity index (χ4n) is 4.08. The Morgan fingerprint density at radius 2 is 1.88 bits per heavy atom. The minimum atomic E-state index is -0.923. The van der Waals surface area contributed by atoms with E-state index in [0.29, 0.717) is 19.5 Å². The molecule has 1 saturated heterocycles. The van der Waals surface area contributed by atoms with Gasteiger partial charge in [-0.15, -0.1) is 0 Å². The fraction of sp³-hybridized carbons (Fsp3) is 0.579. The monoisotopic (exact) mass is 361 g/mol. The minimum Gasteiger partial charge on any atom is -0.390 e. The second-order valence-corrected chi connectivity index (χ2v) is 7.22. The molecule has 1 aliphatic heterocycles. The predicted octanol–water partition coefficient (Wildman–Crippen LogP) is -0.217. The summed E-state index contributed by atoms with van der Waals surface area (Å²) in [5.41, 5.74) is 6.75. The second-order valence-electron chi connectivity index (χ2n) is 7.22. The van der Waals surface area contributed by atoms with Crippen molar-refractivity contribution in [3.05, 3.63) is 35.9 Å². The van der Waals surface area contributed by atoms with Crippen LogP contribution in [-0.4, -0.2) is 58.8 Å². The van der Waals surface area contributed by atoms with Crippen molar-refractivity contribution in [1.82, 2.24) is 10.2 Å². The van der Waals surface area contributed by atoms with Crippen LogP contribution in [0.15, 0.2) is 30.3 Å². The largest absolute Gasteiger partial charge is 0.390 e. The summed E-state index contributed by atoms with van der Waals surface area (Å²) in [6, 6.07) is 9.19. The summed E-state index contributed by atoms with van der Waals surface area (Å²) >= 11 is 0. The van der Waals surface area contributed by atoms with Crippen molar-refractivity contribution >= 4 is 11.8 Å². The quantitative estimate of drug-likeness (QED) is 0.594. The number of amides is 2. The zero-order valence-corrected chi connectivity index (χ0v) is 14.8. The van der Waals surface area contributed by atoms with Gasteiger partial charge in [0.1, 0.15) is 0 Å². The number of carbonyl (C=O) groups excluding carboxylic acids is 2. The van der Waals surface area contributed by atoms with Gasteiger partial charge in [-0.05, 0) is 30.9 Å². The molecule has 5 atom stereocenters. The molecule has 1 aromatic rings. The topological polar surface area (TPSA) is 116 Å². The molecule has 2 amide bonds. The molecular formula is C19H27N3O4. The number of nitrogens with one attached hydrogen (secondary N) is 1. The van der Waals surface area contributed by atoms with E-state index in [2.05, 4.69) is 5.32 Å². The summed E-state index contributed by atoms with van der Waals surface area (Å²) in [4.78, 5) is 27.2. The summed E-state index contributed by atoms with van der Waals surface area (Å²) in [5, 5.41) is 22.8. The molecule has 2 fully saturated rings. The zero-order valence-electron chi connectivity index (χ0n) is 14.8. The highest BCUT2D eigenvalue weighted by Gasteiger charge is 2.42. The van der Waals surface area contributed by atoms with Crippen molar-refractivity contribution in [2.75, 3.05) is 19.6 Å². The Morgan fingerprint density at radius 1 is 1.19 bits per heavy atom. The number of hydrogen-bond acceptors (Lipinski definition) is 5. The van der Waals surface area contributed by atoms with Crippen LogP contribution in [0.2, 0.25) is 0 Å². The molecule has 1 heterocycles. The fourth-order valence-corrected chi connectivity index (χ4v) is 4.08. The highest BCUT2D eigenvalue weighted by atomic mass is 16.3. The number of carbonyl (C=O) groups is 2. The van der Waals surface area contributed by atoms with Gasteiger partial charge in [0.15, 0.2) is 0 Å². The molecule has 1 aliphatic carbocycles. The van der Waals surface area contributed by atoms with Crippen molar-refractivity contribution in [2.24, 2.45) is 17.6 Å². The third-order valence-corrected chi connectivity index (χ3v) is 5.57. The lowest BCUT2D eigenvalue weighted by Gasteiger charge is -2.40. The number of nitrogens with zero attached hydrogens (tertiary/aromatic N) is 1. The van der Waals surface area contributed by atoms with Crippen LogP contribution in [-0.2, 0) is 9.59 Å². The van der Waals surface area contributed by atoms with E-state index in [4.69, 9.17) is 5.73 Å². The van der Waals surface area contributed by atoms with Crippen LogP contribution in [0.5, 0.6) is 0 Å². The zero-order chi connectivity index (χ0) is 18.7. The van der Waals surface area contributed by atoms with E-state index in [9.17, 15) is 19.8 Å². The highest BCUT2D eigenvalue weighted by Crippen LogP contribution is 2.35. The standard InChI is InChI=1S/C19H27N3O4/c20-11-13-8-16(23)17(24)9-14(13)19(26)22-7-6-21-18(25)10-15(22)12-4-2-1-3-5-12/h1-5,13-17,23-24H,6-11,20H2,(H,21,25)/t13-,14-,15?,16+,17-/m0/s1. The molecule has 2 aliphatic rings. The Labute approximate surface area is 153 Å². The molecule has 0 radical (unpaired) electrons. The van der Waals surface area contributed by atoms with Gasteiger partial charge in [0.05, 0.1) is 24.7 Å². The first kappa shape index (κ1) is 18.8. The van der Waals surface area contributed by atoms with E-state index in [-0.39, 0.29) is 43.2 Å². The first-order valence-electron chi connectivity index (χ1n) is 9.19. The van der Waals surface area contributed by atoms with Crippen LogP contribution in [0.3, 0.4) is 0 Å². The molecule has 3 rings (SSSR count). The molecular weight excluding hydrogens is 334 g/mol. The van der Waals surface area contributed by atoms with E-state index in [0.717, 1.165) is 5.56 Å². The van der Waals surface area contributed by atoms with Gasteiger partial charge >= 0.3 is 0 Å². The molecule has 0 bridgehead atoms. The van der Waals surface area contributed by atoms with Gasteiger partial charge in [0.25, 0.3) is 0 Å². The third-order valence-electron chi connectivity index (χ3n) is 5.57. The average Bonchev–Trinajstić information content (AvgIpc) is 2.85. The second kappa shape index (κ2) is 8.16. The van der Waals surface area contributed by atoms with Crippen LogP contribution in [0.4, 0.5) is 0 Å². The first-order chi connectivity index (χ1) is 12.5. The first-order valence-corrected chi connectivity index (χ1v) is 9.19. The van der Waals surface area contributed by atoms with Crippen LogP contribution in [0, 0.1) is 11.8 Å². The molecule has 1 saturated carbocycles. The maximum absolute atomic E-state index is 13.4. The van der Waals surface area contributed by atoms with Crippen molar-refractivity contribution in [3.8, 4) is 0 Å². The highest BCUT2D eigenvalue weighted by molar-refractivity contribution is 5.83. The van der Waals surface area contributed by atoms with Crippen molar-refractivity contribution in [1.29, 1.82) is 0 Å². The average molecular weight is 361 g/mol. The summed E-state index contributed by atoms with van der Waals surface area (Å²) in [7, 11) is 0.